The maximum Gasteiger partial charge on any atom is 0.323 e. The third kappa shape index (κ3) is 10.4. The summed E-state index contributed by atoms with van der Waals surface area (Å²) in [7, 11) is 0. The Hall–Kier alpha value is -4.33. The van der Waals surface area contributed by atoms with Gasteiger partial charge in [0.15, 0.2) is 0 Å². The zero-order chi connectivity index (χ0) is 37.2. The summed E-state index contributed by atoms with van der Waals surface area (Å²) in [5.74, 6) is -2.56. The highest BCUT2D eigenvalue weighted by Crippen LogP contribution is 2.28. The van der Waals surface area contributed by atoms with Crippen molar-refractivity contribution in [2.75, 3.05) is 32.7 Å². The van der Waals surface area contributed by atoms with Crippen molar-refractivity contribution in [2.45, 2.75) is 101 Å². The van der Waals surface area contributed by atoms with Crippen LogP contribution in [0.25, 0.3) is 0 Å². The van der Waals surface area contributed by atoms with Crippen molar-refractivity contribution >= 4 is 29.6 Å². The van der Waals surface area contributed by atoms with E-state index in [2.05, 4.69) is 29.8 Å². The molecule has 13 heteroatoms. The number of carboxylic acid groups (broad SMARTS) is 1. The van der Waals surface area contributed by atoms with Crippen molar-refractivity contribution in [1.82, 2.24) is 25.8 Å². The molecule has 2 aromatic carbocycles. The first-order chi connectivity index (χ1) is 24.3. The molecule has 2 aliphatic rings. The molecule has 2 aromatic rings. The van der Waals surface area contributed by atoms with E-state index in [-0.39, 0.29) is 74.5 Å². The van der Waals surface area contributed by atoms with Crippen LogP contribution in [0.2, 0.25) is 0 Å². The van der Waals surface area contributed by atoms with Crippen molar-refractivity contribution in [3.8, 4) is 0 Å². The molecule has 0 aromatic heterocycles. The van der Waals surface area contributed by atoms with Crippen LogP contribution in [0.3, 0.4) is 0 Å². The Bertz CT molecular complexity index is 1500. The monoisotopic (exact) mass is 705 g/mol. The SMILES string of the molecule is CC1C[C@@H](NC(=O)[C@@H](Cc2ccccc2)NC(=O)CNCC(C)(C)c2ccccc2)C(=O)N1[C@H](CCCCN)C(=O)N1CCC(N)(C(=O)O)CC1. The number of benzene rings is 2. The van der Waals surface area contributed by atoms with Crippen LogP contribution in [0.15, 0.2) is 60.7 Å². The lowest BCUT2D eigenvalue weighted by Gasteiger charge is -2.40. The number of nitrogens with zero attached hydrogens (tertiary/aromatic N) is 2. The van der Waals surface area contributed by atoms with E-state index in [0.29, 0.717) is 32.4 Å². The Balaban J connectivity index is 1.43. The van der Waals surface area contributed by atoms with Gasteiger partial charge in [0.25, 0.3) is 0 Å². The molecule has 1 unspecified atom stereocenters. The maximum absolute atomic E-state index is 14.0. The van der Waals surface area contributed by atoms with E-state index >= 15 is 0 Å². The largest absolute Gasteiger partial charge is 0.480 e. The molecule has 8 N–H and O–H groups in total. The van der Waals surface area contributed by atoms with Gasteiger partial charge in [0.2, 0.25) is 23.6 Å². The maximum atomic E-state index is 14.0. The van der Waals surface area contributed by atoms with Crippen molar-refractivity contribution in [1.29, 1.82) is 0 Å². The molecule has 0 spiro atoms. The van der Waals surface area contributed by atoms with Crippen LogP contribution in [0.1, 0.15) is 70.4 Å². The first-order valence-corrected chi connectivity index (χ1v) is 18.0. The van der Waals surface area contributed by atoms with E-state index in [1.807, 2.05) is 67.6 Å². The van der Waals surface area contributed by atoms with Gasteiger partial charge in [-0.2, -0.15) is 0 Å². The van der Waals surface area contributed by atoms with Gasteiger partial charge < -0.3 is 42.3 Å². The molecule has 2 aliphatic heterocycles. The normalized spacial score (nSPS) is 20.1. The smallest absolute Gasteiger partial charge is 0.323 e. The highest BCUT2D eigenvalue weighted by Gasteiger charge is 2.47. The van der Waals surface area contributed by atoms with Crippen LogP contribution < -0.4 is 27.4 Å². The molecular weight excluding hydrogens is 650 g/mol. The Labute approximate surface area is 300 Å². The standard InChI is InChI=1S/C38H55N7O6/c1-26-22-30(34(48)45(26)31(16-10-11-19-39)35(49)44-20-17-38(40,18-21-44)36(50)51)43-33(47)29(23-27-12-6-4-7-13-27)42-32(46)24-41-25-37(2,3)28-14-8-5-9-15-28/h4-9,12-15,26,29-31,41H,10-11,16-25,39-40H2,1-3H3,(H,42,46)(H,43,47)(H,50,51)/t26?,29-,30-,31-/m1/s1. The Morgan fingerprint density at radius 2 is 1.63 bits per heavy atom. The number of nitrogens with one attached hydrogen (secondary N) is 3. The van der Waals surface area contributed by atoms with Gasteiger partial charge in [0, 0.05) is 37.5 Å². The topological polar surface area (TPSA) is 200 Å². The van der Waals surface area contributed by atoms with Crippen molar-refractivity contribution < 1.29 is 29.1 Å². The minimum atomic E-state index is -1.39. The predicted molar refractivity (Wildman–Crippen MR) is 194 cm³/mol. The molecule has 13 nitrogen and oxygen atoms in total. The quantitative estimate of drug-likeness (QED) is 0.131. The first kappa shape index (κ1) is 39.5. The molecular formula is C38H55N7O6. The van der Waals surface area contributed by atoms with Crippen LogP contribution in [0, 0.1) is 0 Å². The number of rotatable bonds is 17. The number of carboxylic acids is 1. The van der Waals surface area contributed by atoms with Gasteiger partial charge in [0.05, 0.1) is 6.54 Å². The van der Waals surface area contributed by atoms with Crippen molar-refractivity contribution in [2.24, 2.45) is 11.5 Å². The lowest BCUT2D eigenvalue weighted by molar-refractivity contribution is -0.151. The van der Waals surface area contributed by atoms with Crippen LogP contribution in [0.5, 0.6) is 0 Å². The molecule has 4 rings (SSSR count). The number of hydrogen-bond donors (Lipinski definition) is 6. The second kappa shape index (κ2) is 17.7. The number of nitrogens with two attached hydrogens (primary N) is 2. The third-order valence-corrected chi connectivity index (χ3v) is 10.2. The van der Waals surface area contributed by atoms with E-state index in [9.17, 15) is 29.1 Å². The number of piperidine rings is 1. The number of unbranched alkanes of at least 4 members (excludes halogenated alkanes) is 1. The number of carbonyl (C=O) groups excluding carboxylic acids is 4. The Morgan fingerprint density at radius 3 is 2.24 bits per heavy atom. The summed E-state index contributed by atoms with van der Waals surface area (Å²) in [5, 5.41) is 18.5. The average molecular weight is 706 g/mol. The molecule has 4 amide bonds. The van der Waals surface area contributed by atoms with Crippen LogP contribution in [-0.2, 0) is 35.8 Å². The summed E-state index contributed by atoms with van der Waals surface area (Å²) in [5.41, 5.74) is 12.2. The summed E-state index contributed by atoms with van der Waals surface area (Å²) < 4.78 is 0. The van der Waals surface area contributed by atoms with E-state index in [1.54, 1.807) is 9.80 Å². The van der Waals surface area contributed by atoms with Gasteiger partial charge in [-0.3, -0.25) is 24.0 Å². The molecule has 278 valence electrons. The Morgan fingerprint density at radius 1 is 1.00 bits per heavy atom. The van der Waals surface area contributed by atoms with Crippen molar-refractivity contribution in [3.63, 3.8) is 0 Å². The molecule has 0 aliphatic carbocycles. The number of hydrogen-bond acceptors (Lipinski definition) is 8. The minimum Gasteiger partial charge on any atom is -0.480 e. The lowest BCUT2D eigenvalue weighted by atomic mass is 9.84. The molecule has 2 heterocycles. The van der Waals surface area contributed by atoms with Gasteiger partial charge in [0.1, 0.15) is 23.7 Å². The number of amides is 4. The molecule has 0 radical (unpaired) electrons. The second-order valence-corrected chi connectivity index (χ2v) is 14.6. The van der Waals surface area contributed by atoms with E-state index in [4.69, 9.17) is 11.5 Å². The van der Waals surface area contributed by atoms with Gasteiger partial charge in [-0.25, -0.2) is 0 Å². The molecule has 0 saturated carbocycles. The fourth-order valence-corrected chi connectivity index (χ4v) is 7.01. The number of likely N-dealkylation sites (tertiary alicyclic amines) is 2. The predicted octanol–water partition coefficient (Wildman–Crippen LogP) is 1.29. The number of aliphatic carboxylic acids is 1. The summed E-state index contributed by atoms with van der Waals surface area (Å²) >= 11 is 0. The minimum absolute atomic E-state index is 0.00281. The number of carbonyl (C=O) groups is 5. The van der Waals surface area contributed by atoms with E-state index in [1.165, 1.54) is 0 Å². The Kier molecular flexibility index (Phi) is 13.7. The first-order valence-electron chi connectivity index (χ1n) is 18.0. The van der Waals surface area contributed by atoms with Gasteiger partial charge >= 0.3 is 5.97 Å². The second-order valence-electron chi connectivity index (χ2n) is 14.6. The molecule has 2 fully saturated rings. The molecule has 51 heavy (non-hydrogen) atoms. The van der Waals surface area contributed by atoms with E-state index in [0.717, 1.165) is 11.1 Å². The summed E-state index contributed by atoms with van der Waals surface area (Å²) in [4.78, 5) is 69.7. The summed E-state index contributed by atoms with van der Waals surface area (Å²) in [6.07, 6.45) is 2.41. The molecule has 2 saturated heterocycles. The fourth-order valence-electron chi connectivity index (χ4n) is 7.01. The van der Waals surface area contributed by atoms with Crippen LogP contribution >= 0.6 is 0 Å². The zero-order valence-electron chi connectivity index (χ0n) is 30.1. The third-order valence-electron chi connectivity index (χ3n) is 10.2. The summed E-state index contributed by atoms with van der Waals surface area (Å²) in [6, 6.07) is 16.4. The van der Waals surface area contributed by atoms with Crippen LogP contribution in [-0.4, -0.2) is 107 Å². The van der Waals surface area contributed by atoms with Gasteiger partial charge in [-0.05, 0) is 63.1 Å². The molecule has 0 bridgehead atoms. The van der Waals surface area contributed by atoms with Gasteiger partial charge in [-0.15, -0.1) is 0 Å². The van der Waals surface area contributed by atoms with E-state index < -0.39 is 35.5 Å². The average Bonchev–Trinajstić information content (AvgIpc) is 3.38. The molecule has 4 atom stereocenters. The fraction of sp³-hybridized carbons (Fsp3) is 0.553. The zero-order valence-corrected chi connectivity index (χ0v) is 30.1. The highest BCUT2D eigenvalue weighted by molar-refractivity contribution is 5.96. The van der Waals surface area contributed by atoms with Gasteiger partial charge in [-0.1, -0.05) is 74.5 Å². The van der Waals surface area contributed by atoms with Crippen LogP contribution in [0.4, 0.5) is 0 Å². The highest BCUT2D eigenvalue weighted by atomic mass is 16.4. The van der Waals surface area contributed by atoms with Crippen molar-refractivity contribution in [3.05, 3.63) is 71.8 Å². The lowest BCUT2D eigenvalue weighted by Crippen LogP contribution is -2.60. The summed E-state index contributed by atoms with van der Waals surface area (Å²) in [6.45, 7) is 7.36.